The van der Waals surface area contributed by atoms with E-state index in [1.165, 1.54) is 18.3 Å². The fourth-order valence-electron chi connectivity index (χ4n) is 4.93. The van der Waals surface area contributed by atoms with Gasteiger partial charge in [0.1, 0.15) is 22.6 Å². The molecular formula is C28H24ClF3N2O3. The van der Waals surface area contributed by atoms with Gasteiger partial charge in [-0.1, -0.05) is 29.8 Å². The second kappa shape index (κ2) is 10.5. The average Bonchev–Trinajstić information content (AvgIpc) is 3.10. The summed E-state index contributed by atoms with van der Waals surface area (Å²) < 4.78 is 38.8. The molecule has 0 bridgehead atoms. The summed E-state index contributed by atoms with van der Waals surface area (Å²) in [4.78, 5) is 47.1. The molecule has 1 aromatic heterocycles. The van der Waals surface area contributed by atoms with Crippen molar-refractivity contribution in [1.82, 2.24) is 9.97 Å². The van der Waals surface area contributed by atoms with Gasteiger partial charge in [-0.2, -0.15) is 13.2 Å². The third-order valence-corrected chi connectivity index (χ3v) is 6.87. The molecule has 2 atom stereocenters. The topological polar surface area (TPSA) is 77.0 Å². The monoisotopic (exact) mass is 528 g/mol. The van der Waals surface area contributed by atoms with Crippen LogP contribution < -0.4 is 0 Å². The Bertz CT molecular complexity index is 1350. The standard InChI is InChI=1S/C28H24ClF3N2O3/c1-15-8-18(22-13-34-24(29)14-33-22)9-16(2)25(15)26-23(36)12-19(27(26)37)11-21(35)7-6-17-4-3-5-20(10-17)28(30,31)32/h3-5,8-10,13-14,19,26H,6-7,11-12H2,1-2H3. The Morgan fingerprint density at radius 3 is 2.38 bits per heavy atom. The number of hydrogen-bond donors (Lipinski definition) is 0. The molecule has 1 saturated carbocycles. The van der Waals surface area contributed by atoms with Crippen molar-refractivity contribution < 1.29 is 27.6 Å². The van der Waals surface area contributed by atoms with Gasteiger partial charge in [0.2, 0.25) is 0 Å². The molecular weight excluding hydrogens is 505 g/mol. The number of alkyl halides is 3. The minimum atomic E-state index is -4.46. The molecule has 0 N–H and O–H groups in total. The first-order valence-electron chi connectivity index (χ1n) is 11.8. The molecule has 192 valence electrons. The third kappa shape index (κ3) is 5.96. The van der Waals surface area contributed by atoms with Crippen LogP contribution in [-0.4, -0.2) is 27.3 Å². The second-order valence-electron chi connectivity index (χ2n) is 9.39. The Balaban J connectivity index is 1.45. The molecule has 2 aromatic carbocycles. The zero-order valence-electron chi connectivity index (χ0n) is 20.2. The summed E-state index contributed by atoms with van der Waals surface area (Å²) in [5, 5.41) is 0.270. The van der Waals surface area contributed by atoms with Crippen LogP contribution in [0.3, 0.4) is 0 Å². The van der Waals surface area contributed by atoms with Gasteiger partial charge in [0.05, 0.1) is 23.7 Å². The molecule has 0 radical (unpaired) electrons. The highest BCUT2D eigenvalue weighted by Gasteiger charge is 2.43. The van der Waals surface area contributed by atoms with Gasteiger partial charge in [0.15, 0.2) is 5.78 Å². The second-order valence-corrected chi connectivity index (χ2v) is 9.78. The van der Waals surface area contributed by atoms with Crippen LogP contribution in [0.4, 0.5) is 13.2 Å². The van der Waals surface area contributed by atoms with Gasteiger partial charge in [-0.05, 0) is 60.7 Å². The molecule has 0 spiro atoms. The van der Waals surface area contributed by atoms with Gasteiger partial charge in [0, 0.05) is 30.7 Å². The van der Waals surface area contributed by atoms with Crippen molar-refractivity contribution in [1.29, 1.82) is 0 Å². The maximum Gasteiger partial charge on any atom is 0.416 e. The van der Waals surface area contributed by atoms with Crippen molar-refractivity contribution in [2.45, 2.75) is 51.6 Å². The Hall–Kier alpha value is -3.39. The Morgan fingerprint density at radius 2 is 1.76 bits per heavy atom. The number of carbonyl (C=O) groups is 3. The number of halogens is 4. The molecule has 4 rings (SSSR count). The highest BCUT2D eigenvalue weighted by molar-refractivity contribution is 6.29. The highest BCUT2D eigenvalue weighted by atomic mass is 35.5. The van der Waals surface area contributed by atoms with Crippen LogP contribution in [0.2, 0.25) is 5.15 Å². The quantitative estimate of drug-likeness (QED) is 0.338. The number of nitrogens with zero attached hydrogens (tertiary/aromatic N) is 2. The summed E-state index contributed by atoms with van der Waals surface area (Å²) in [6.07, 6.45) is -1.47. The number of hydrogen-bond acceptors (Lipinski definition) is 5. The predicted molar refractivity (Wildman–Crippen MR) is 132 cm³/mol. The predicted octanol–water partition coefficient (Wildman–Crippen LogP) is 6.27. The number of rotatable bonds is 7. The zero-order chi connectivity index (χ0) is 26.9. The molecule has 0 amide bonds. The molecule has 0 saturated heterocycles. The average molecular weight is 529 g/mol. The summed E-state index contributed by atoms with van der Waals surface area (Å²) in [5.74, 6) is -2.44. The summed E-state index contributed by atoms with van der Waals surface area (Å²) in [6.45, 7) is 3.65. The molecule has 5 nitrogen and oxygen atoms in total. The van der Waals surface area contributed by atoms with Gasteiger partial charge in [0.25, 0.3) is 0 Å². The van der Waals surface area contributed by atoms with Crippen LogP contribution >= 0.6 is 11.6 Å². The lowest BCUT2D eigenvalue weighted by Crippen LogP contribution is -2.19. The van der Waals surface area contributed by atoms with E-state index in [4.69, 9.17) is 11.6 Å². The van der Waals surface area contributed by atoms with Crippen molar-refractivity contribution in [3.8, 4) is 11.3 Å². The van der Waals surface area contributed by atoms with Crippen LogP contribution in [0, 0.1) is 19.8 Å². The van der Waals surface area contributed by atoms with Crippen LogP contribution in [0.25, 0.3) is 11.3 Å². The molecule has 0 aliphatic heterocycles. The van der Waals surface area contributed by atoms with Crippen molar-refractivity contribution >= 4 is 29.0 Å². The zero-order valence-corrected chi connectivity index (χ0v) is 21.0. The van der Waals surface area contributed by atoms with E-state index < -0.39 is 23.6 Å². The normalized spacial score (nSPS) is 17.9. The van der Waals surface area contributed by atoms with Gasteiger partial charge in [-0.25, -0.2) is 4.98 Å². The van der Waals surface area contributed by atoms with E-state index in [1.54, 1.807) is 6.20 Å². The van der Waals surface area contributed by atoms with Gasteiger partial charge in [-0.3, -0.25) is 19.4 Å². The molecule has 1 aliphatic carbocycles. The van der Waals surface area contributed by atoms with Crippen molar-refractivity contribution in [2.75, 3.05) is 0 Å². The van der Waals surface area contributed by atoms with E-state index >= 15 is 0 Å². The first-order valence-corrected chi connectivity index (χ1v) is 12.1. The number of aromatic nitrogens is 2. The maximum absolute atomic E-state index is 13.2. The van der Waals surface area contributed by atoms with E-state index in [1.807, 2.05) is 26.0 Å². The maximum atomic E-state index is 13.2. The first-order chi connectivity index (χ1) is 17.4. The SMILES string of the molecule is Cc1cc(-c2cnc(Cl)cn2)cc(C)c1C1C(=O)CC(CC(=O)CCc2cccc(C(F)(F)F)c2)C1=O. The molecule has 9 heteroatoms. The lowest BCUT2D eigenvalue weighted by atomic mass is 9.85. The van der Waals surface area contributed by atoms with E-state index in [-0.39, 0.29) is 48.2 Å². The van der Waals surface area contributed by atoms with Crippen molar-refractivity contribution in [2.24, 2.45) is 5.92 Å². The molecule has 1 fully saturated rings. The van der Waals surface area contributed by atoms with Crippen molar-refractivity contribution in [3.63, 3.8) is 0 Å². The van der Waals surface area contributed by atoms with Gasteiger partial charge >= 0.3 is 6.18 Å². The van der Waals surface area contributed by atoms with Gasteiger partial charge < -0.3 is 0 Å². The van der Waals surface area contributed by atoms with Crippen LogP contribution in [0.15, 0.2) is 48.8 Å². The molecule has 2 unspecified atom stereocenters. The third-order valence-electron chi connectivity index (χ3n) is 6.68. The summed E-state index contributed by atoms with van der Waals surface area (Å²) in [5.41, 5.74) is 3.17. The molecule has 1 heterocycles. The molecule has 37 heavy (non-hydrogen) atoms. The van der Waals surface area contributed by atoms with Crippen LogP contribution in [0.5, 0.6) is 0 Å². The van der Waals surface area contributed by atoms with E-state index in [2.05, 4.69) is 9.97 Å². The summed E-state index contributed by atoms with van der Waals surface area (Å²) in [7, 11) is 0. The fraction of sp³-hybridized carbons (Fsp3) is 0.321. The smallest absolute Gasteiger partial charge is 0.300 e. The Kier molecular flexibility index (Phi) is 7.59. The fourth-order valence-corrected chi connectivity index (χ4v) is 5.03. The summed E-state index contributed by atoms with van der Waals surface area (Å²) in [6, 6.07) is 8.53. The number of benzene rings is 2. The number of carbonyl (C=O) groups excluding carboxylic acids is 3. The molecule has 1 aliphatic rings. The minimum absolute atomic E-state index is 0.00116. The van der Waals surface area contributed by atoms with Gasteiger partial charge in [-0.15, -0.1) is 0 Å². The van der Waals surface area contributed by atoms with E-state index in [0.717, 1.165) is 28.8 Å². The number of aryl methyl sites for hydroxylation is 3. The van der Waals surface area contributed by atoms with Crippen molar-refractivity contribution in [3.05, 3.63) is 81.8 Å². The first kappa shape index (κ1) is 26.7. The number of Topliss-reactive ketones (excluding diaryl/α,β-unsaturated/α-hetero) is 3. The Morgan fingerprint density at radius 1 is 1.05 bits per heavy atom. The lowest BCUT2D eigenvalue weighted by Gasteiger charge is -2.17. The van der Waals surface area contributed by atoms with Crippen LogP contribution in [-0.2, 0) is 27.0 Å². The Labute approximate surface area is 217 Å². The van der Waals surface area contributed by atoms with E-state index in [0.29, 0.717) is 16.8 Å². The minimum Gasteiger partial charge on any atom is -0.300 e. The number of ketones is 3. The largest absolute Gasteiger partial charge is 0.416 e. The van der Waals surface area contributed by atoms with Crippen LogP contribution in [0.1, 0.15) is 53.0 Å². The van der Waals surface area contributed by atoms with E-state index in [9.17, 15) is 27.6 Å². The highest BCUT2D eigenvalue weighted by Crippen LogP contribution is 2.39. The lowest BCUT2D eigenvalue weighted by molar-refractivity contribution is -0.137. The molecule has 3 aromatic rings. The summed E-state index contributed by atoms with van der Waals surface area (Å²) >= 11 is 5.81.